The van der Waals surface area contributed by atoms with E-state index < -0.39 is 0 Å². The SMILES string of the molecule is c1ccc(-c2c3ccccc3c(-c3ccc4ccccc4c3)c3ccc(-c4ccc(-c5ccc6ccccc6c5)cc4)cc23)cc1. The summed E-state index contributed by atoms with van der Waals surface area (Å²) in [6, 6.07) is 66.6. The fourth-order valence-corrected chi connectivity index (χ4v) is 7.15. The number of hydrogen-bond acceptors (Lipinski definition) is 0. The van der Waals surface area contributed by atoms with Crippen molar-refractivity contribution in [3.63, 3.8) is 0 Å². The van der Waals surface area contributed by atoms with Crippen LogP contribution >= 0.6 is 0 Å². The Hall–Kier alpha value is -5.98. The van der Waals surface area contributed by atoms with Crippen LogP contribution in [0.15, 0.2) is 182 Å². The zero-order valence-electron chi connectivity index (χ0n) is 25.3. The maximum atomic E-state index is 2.40. The second-order valence-electron chi connectivity index (χ2n) is 12.1. The van der Waals surface area contributed by atoms with E-state index in [1.54, 1.807) is 0 Å². The molecular weight excluding hydrogens is 553 g/mol. The van der Waals surface area contributed by atoms with Crippen LogP contribution in [0.1, 0.15) is 0 Å². The first-order valence-electron chi connectivity index (χ1n) is 15.9. The molecule has 0 bridgehead atoms. The second kappa shape index (κ2) is 10.9. The van der Waals surface area contributed by atoms with E-state index in [9.17, 15) is 0 Å². The number of hydrogen-bond donors (Lipinski definition) is 0. The molecule has 9 aromatic rings. The molecule has 0 aliphatic carbocycles. The first-order valence-corrected chi connectivity index (χ1v) is 15.9. The number of benzene rings is 9. The lowest BCUT2D eigenvalue weighted by Gasteiger charge is -2.19. The number of fused-ring (bicyclic) bond motifs is 4. The maximum Gasteiger partial charge on any atom is -0.00261 e. The van der Waals surface area contributed by atoms with Gasteiger partial charge in [0.05, 0.1) is 0 Å². The molecule has 0 fully saturated rings. The Bertz CT molecular complexity index is 2560. The molecule has 0 saturated heterocycles. The predicted molar refractivity (Wildman–Crippen MR) is 198 cm³/mol. The van der Waals surface area contributed by atoms with E-state index in [2.05, 4.69) is 182 Å². The van der Waals surface area contributed by atoms with Crippen molar-refractivity contribution in [3.8, 4) is 44.5 Å². The molecule has 0 unspecified atom stereocenters. The zero-order chi connectivity index (χ0) is 30.5. The summed E-state index contributed by atoms with van der Waals surface area (Å²) in [6.45, 7) is 0. The van der Waals surface area contributed by atoms with Gasteiger partial charge in [-0.25, -0.2) is 0 Å². The largest absolute Gasteiger partial charge is 0.0622 e. The molecule has 0 heterocycles. The van der Waals surface area contributed by atoms with Crippen LogP contribution in [-0.2, 0) is 0 Å². The van der Waals surface area contributed by atoms with E-state index in [-0.39, 0.29) is 0 Å². The molecule has 0 aromatic heterocycles. The van der Waals surface area contributed by atoms with Crippen LogP contribution < -0.4 is 0 Å². The van der Waals surface area contributed by atoms with Gasteiger partial charge >= 0.3 is 0 Å². The van der Waals surface area contributed by atoms with Crippen molar-refractivity contribution in [1.29, 1.82) is 0 Å². The average Bonchev–Trinajstić information content (AvgIpc) is 3.13. The molecule has 0 heteroatoms. The first-order chi connectivity index (χ1) is 22.8. The monoisotopic (exact) mass is 582 g/mol. The summed E-state index contributed by atoms with van der Waals surface area (Å²) < 4.78 is 0. The lowest BCUT2D eigenvalue weighted by molar-refractivity contribution is 1.61. The van der Waals surface area contributed by atoms with Gasteiger partial charge in [-0.2, -0.15) is 0 Å². The first kappa shape index (κ1) is 26.4. The van der Waals surface area contributed by atoms with Crippen LogP contribution in [-0.4, -0.2) is 0 Å². The highest BCUT2D eigenvalue weighted by molar-refractivity contribution is 6.22. The van der Waals surface area contributed by atoms with Gasteiger partial charge in [0, 0.05) is 0 Å². The molecule has 0 radical (unpaired) electrons. The Morgan fingerprint density at radius 2 is 0.609 bits per heavy atom. The zero-order valence-corrected chi connectivity index (χ0v) is 25.3. The van der Waals surface area contributed by atoms with Crippen molar-refractivity contribution in [2.24, 2.45) is 0 Å². The van der Waals surface area contributed by atoms with Gasteiger partial charge in [0.2, 0.25) is 0 Å². The van der Waals surface area contributed by atoms with Gasteiger partial charge < -0.3 is 0 Å². The van der Waals surface area contributed by atoms with Gasteiger partial charge in [0.25, 0.3) is 0 Å². The molecule has 0 nitrogen and oxygen atoms in total. The van der Waals surface area contributed by atoms with E-state index in [1.807, 2.05) is 0 Å². The van der Waals surface area contributed by atoms with Crippen LogP contribution in [0.25, 0.3) is 87.6 Å². The third-order valence-electron chi connectivity index (χ3n) is 9.43. The van der Waals surface area contributed by atoms with Gasteiger partial charge in [-0.1, -0.05) is 164 Å². The summed E-state index contributed by atoms with van der Waals surface area (Å²) in [6.07, 6.45) is 0. The lowest BCUT2D eigenvalue weighted by Crippen LogP contribution is -1.92. The second-order valence-corrected chi connectivity index (χ2v) is 12.1. The van der Waals surface area contributed by atoms with Crippen LogP contribution in [0.2, 0.25) is 0 Å². The minimum Gasteiger partial charge on any atom is -0.0622 e. The normalized spacial score (nSPS) is 11.5. The van der Waals surface area contributed by atoms with Gasteiger partial charge in [0.15, 0.2) is 0 Å². The Labute approximate surface area is 268 Å². The van der Waals surface area contributed by atoms with Crippen molar-refractivity contribution < 1.29 is 0 Å². The third-order valence-corrected chi connectivity index (χ3v) is 9.43. The minimum atomic E-state index is 1.21. The Balaban J connectivity index is 1.25. The summed E-state index contributed by atoms with van der Waals surface area (Å²) in [7, 11) is 0. The standard InChI is InChI=1S/C46H30/c1-2-12-35(13-3-1)45-41-16-8-9-17-42(41)46(40-25-23-32-11-5-7-15-37(32)29-40)43-27-26-39(30-44(43)45)34-20-18-33(19-21-34)38-24-22-31-10-4-6-14-36(31)28-38/h1-30H. The van der Waals surface area contributed by atoms with E-state index in [0.29, 0.717) is 0 Å². The summed E-state index contributed by atoms with van der Waals surface area (Å²) in [5, 5.41) is 10.1. The Morgan fingerprint density at radius 3 is 1.24 bits per heavy atom. The molecule has 0 aliphatic heterocycles. The van der Waals surface area contributed by atoms with Crippen LogP contribution in [0.5, 0.6) is 0 Å². The fourth-order valence-electron chi connectivity index (χ4n) is 7.15. The van der Waals surface area contributed by atoms with Crippen LogP contribution in [0.4, 0.5) is 0 Å². The minimum absolute atomic E-state index is 1.21. The molecular formula is C46H30. The highest BCUT2D eigenvalue weighted by atomic mass is 14.2. The molecule has 46 heavy (non-hydrogen) atoms. The van der Waals surface area contributed by atoms with Crippen molar-refractivity contribution in [3.05, 3.63) is 182 Å². The molecule has 0 aliphatic rings. The highest BCUT2D eigenvalue weighted by Gasteiger charge is 2.17. The van der Waals surface area contributed by atoms with Crippen molar-refractivity contribution in [2.75, 3.05) is 0 Å². The van der Waals surface area contributed by atoms with Gasteiger partial charge in [-0.15, -0.1) is 0 Å². The van der Waals surface area contributed by atoms with Crippen molar-refractivity contribution in [2.45, 2.75) is 0 Å². The van der Waals surface area contributed by atoms with Crippen LogP contribution in [0, 0.1) is 0 Å². The highest BCUT2D eigenvalue weighted by Crippen LogP contribution is 2.45. The molecule has 0 atom stereocenters. The van der Waals surface area contributed by atoms with Crippen LogP contribution in [0.3, 0.4) is 0 Å². The van der Waals surface area contributed by atoms with E-state index >= 15 is 0 Å². The number of rotatable bonds is 4. The molecule has 0 amide bonds. The molecule has 9 rings (SSSR count). The predicted octanol–water partition coefficient (Wildman–Crippen LogP) is 13.0. The van der Waals surface area contributed by atoms with Gasteiger partial charge in [-0.3, -0.25) is 0 Å². The van der Waals surface area contributed by atoms with Gasteiger partial charge in [0.1, 0.15) is 0 Å². The lowest BCUT2D eigenvalue weighted by atomic mass is 9.84. The molecule has 0 spiro atoms. The maximum absolute atomic E-state index is 2.40. The van der Waals surface area contributed by atoms with E-state index in [4.69, 9.17) is 0 Å². The van der Waals surface area contributed by atoms with E-state index in [0.717, 1.165) is 0 Å². The third kappa shape index (κ3) is 4.47. The summed E-state index contributed by atoms with van der Waals surface area (Å²) in [4.78, 5) is 0. The van der Waals surface area contributed by atoms with Gasteiger partial charge in [-0.05, 0) is 106 Å². The quantitative estimate of drug-likeness (QED) is 0.181. The molecule has 0 saturated carbocycles. The Morgan fingerprint density at radius 1 is 0.196 bits per heavy atom. The van der Waals surface area contributed by atoms with Crippen molar-refractivity contribution in [1.82, 2.24) is 0 Å². The Kier molecular flexibility index (Phi) is 6.25. The molecule has 0 N–H and O–H groups in total. The molecule has 214 valence electrons. The summed E-state index contributed by atoms with van der Waals surface area (Å²) in [5.41, 5.74) is 9.94. The average molecular weight is 583 g/mol. The molecule has 9 aromatic carbocycles. The summed E-state index contributed by atoms with van der Waals surface area (Å²) in [5.74, 6) is 0. The smallest absolute Gasteiger partial charge is 0.00261 e. The van der Waals surface area contributed by atoms with Crippen molar-refractivity contribution >= 4 is 43.1 Å². The summed E-state index contributed by atoms with van der Waals surface area (Å²) >= 11 is 0. The van der Waals surface area contributed by atoms with E-state index in [1.165, 1.54) is 87.6 Å². The fraction of sp³-hybridized carbons (Fsp3) is 0. The topological polar surface area (TPSA) is 0 Å².